The third-order valence-corrected chi connectivity index (χ3v) is 5.69. The lowest BCUT2D eigenvalue weighted by molar-refractivity contribution is -0.140. The Morgan fingerprint density at radius 1 is 1.03 bits per heavy atom. The molecule has 30 heavy (non-hydrogen) atoms. The first-order valence-electron chi connectivity index (χ1n) is 10.2. The predicted octanol–water partition coefficient (Wildman–Crippen LogP) is 4.26. The third kappa shape index (κ3) is 7.75. The van der Waals surface area contributed by atoms with Gasteiger partial charge in [-0.05, 0) is 44.0 Å². The predicted molar refractivity (Wildman–Crippen MR) is 124 cm³/mol. The minimum Gasteiger partial charge on any atom is -0.497 e. The number of carbonyl (C=O) groups excluding carboxylic acids is 2. The molecule has 0 heterocycles. The maximum atomic E-state index is 13.0. The van der Waals surface area contributed by atoms with Crippen LogP contribution >= 0.6 is 11.8 Å². The standard InChI is InChI=1S/C24H32N2O3S/c1-18(2)25-24(28)19(3)26(16-21-11-8-12-22(15-21)29-4)23(27)13-14-30-17-20-9-6-5-7-10-20/h5-12,15,18-19H,13-14,16-17H2,1-4H3,(H,25,28)/t19-/m1/s1. The minimum absolute atomic E-state index is 0.0233. The molecule has 5 nitrogen and oxygen atoms in total. The van der Waals surface area contributed by atoms with Crippen molar-refractivity contribution in [1.29, 1.82) is 0 Å². The Kier molecular flexibility index (Phi) is 9.74. The molecule has 0 unspecified atom stereocenters. The van der Waals surface area contributed by atoms with Crippen LogP contribution in [0.15, 0.2) is 54.6 Å². The summed E-state index contributed by atoms with van der Waals surface area (Å²) in [6.07, 6.45) is 0.390. The van der Waals surface area contributed by atoms with E-state index in [0.29, 0.717) is 18.7 Å². The van der Waals surface area contributed by atoms with E-state index in [1.807, 2.05) is 56.3 Å². The Balaban J connectivity index is 2.02. The molecule has 0 saturated carbocycles. The van der Waals surface area contributed by atoms with Crippen molar-refractivity contribution in [3.05, 3.63) is 65.7 Å². The van der Waals surface area contributed by atoms with Crippen LogP contribution in [0.1, 0.15) is 38.3 Å². The molecule has 2 amide bonds. The summed E-state index contributed by atoms with van der Waals surface area (Å²) >= 11 is 1.73. The van der Waals surface area contributed by atoms with Crippen molar-refractivity contribution in [2.24, 2.45) is 0 Å². The van der Waals surface area contributed by atoms with E-state index >= 15 is 0 Å². The second-order valence-corrected chi connectivity index (χ2v) is 8.61. The molecule has 0 aliphatic carbocycles. The first-order valence-corrected chi connectivity index (χ1v) is 11.4. The summed E-state index contributed by atoms with van der Waals surface area (Å²) in [4.78, 5) is 27.3. The van der Waals surface area contributed by atoms with Crippen LogP contribution in [0.3, 0.4) is 0 Å². The number of benzene rings is 2. The molecule has 0 radical (unpaired) electrons. The van der Waals surface area contributed by atoms with Crippen molar-refractivity contribution < 1.29 is 14.3 Å². The highest BCUT2D eigenvalue weighted by molar-refractivity contribution is 7.98. The normalized spacial score (nSPS) is 11.8. The summed E-state index contributed by atoms with van der Waals surface area (Å²) in [6, 6.07) is 17.3. The van der Waals surface area contributed by atoms with Crippen molar-refractivity contribution in [2.45, 2.75) is 51.6 Å². The van der Waals surface area contributed by atoms with Gasteiger partial charge in [0.15, 0.2) is 0 Å². The van der Waals surface area contributed by atoms with Gasteiger partial charge in [0, 0.05) is 30.5 Å². The molecule has 0 aromatic heterocycles. The van der Waals surface area contributed by atoms with E-state index in [-0.39, 0.29) is 17.9 Å². The number of nitrogens with zero attached hydrogens (tertiary/aromatic N) is 1. The molecule has 0 fully saturated rings. The summed E-state index contributed by atoms with van der Waals surface area (Å²) in [5.74, 6) is 2.15. The van der Waals surface area contributed by atoms with Crippen LogP contribution in [-0.2, 0) is 21.9 Å². The molecule has 0 bridgehead atoms. The highest BCUT2D eigenvalue weighted by Crippen LogP contribution is 2.18. The summed E-state index contributed by atoms with van der Waals surface area (Å²) in [7, 11) is 1.62. The number of thioether (sulfide) groups is 1. The van der Waals surface area contributed by atoms with Crippen molar-refractivity contribution in [3.63, 3.8) is 0 Å². The van der Waals surface area contributed by atoms with Crippen molar-refractivity contribution in [3.8, 4) is 5.75 Å². The van der Waals surface area contributed by atoms with Crippen LogP contribution in [0, 0.1) is 0 Å². The topological polar surface area (TPSA) is 58.6 Å². The van der Waals surface area contributed by atoms with Crippen LogP contribution in [0.2, 0.25) is 0 Å². The number of amides is 2. The Morgan fingerprint density at radius 3 is 2.40 bits per heavy atom. The van der Waals surface area contributed by atoms with Crippen molar-refractivity contribution in [1.82, 2.24) is 10.2 Å². The highest BCUT2D eigenvalue weighted by Gasteiger charge is 2.26. The number of nitrogens with one attached hydrogen (secondary N) is 1. The van der Waals surface area contributed by atoms with E-state index < -0.39 is 6.04 Å². The molecule has 1 atom stereocenters. The zero-order valence-corrected chi connectivity index (χ0v) is 19.1. The molecule has 0 saturated heterocycles. The van der Waals surface area contributed by atoms with Crippen LogP contribution < -0.4 is 10.1 Å². The Labute approximate surface area is 184 Å². The van der Waals surface area contributed by atoms with E-state index in [1.165, 1.54) is 5.56 Å². The van der Waals surface area contributed by atoms with Gasteiger partial charge in [-0.25, -0.2) is 0 Å². The molecule has 2 rings (SSSR count). The van der Waals surface area contributed by atoms with Crippen molar-refractivity contribution in [2.75, 3.05) is 12.9 Å². The van der Waals surface area contributed by atoms with Crippen molar-refractivity contribution >= 4 is 23.6 Å². The third-order valence-electron chi connectivity index (χ3n) is 4.66. The summed E-state index contributed by atoms with van der Waals surface area (Å²) in [5, 5.41) is 2.91. The van der Waals surface area contributed by atoms with Gasteiger partial charge in [0.05, 0.1) is 7.11 Å². The lowest BCUT2D eigenvalue weighted by Gasteiger charge is -2.29. The molecule has 1 N–H and O–H groups in total. The van der Waals surface area contributed by atoms with Crippen LogP contribution in [-0.4, -0.2) is 41.7 Å². The second-order valence-electron chi connectivity index (χ2n) is 7.50. The fraction of sp³-hybridized carbons (Fsp3) is 0.417. The average Bonchev–Trinajstić information content (AvgIpc) is 2.74. The number of hydrogen-bond donors (Lipinski definition) is 1. The molecular formula is C24H32N2O3S. The van der Waals surface area contributed by atoms with E-state index in [9.17, 15) is 9.59 Å². The van der Waals surface area contributed by atoms with Gasteiger partial charge in [0.1, 0.15) is 11.8 Å². The van der Waals surface area contributed by atoms with Gasteiger partial charge in [-0.2, -0.15) is 11.8 Å². The van der Waals surface area contributed by atoms with Crippen LogP contribution in [0.25, 0.3) is 0 Å². The molecular weight excluding hydrogens is 396 g/mol. The number of rotatable bonds is 11. The fourth-order valence-electron chi connectivity index (χ4n) is 3.02. The maximum absolute atomic E-state index is 13.0. The lowest BCUT2D eigenvalue weighted by Crippen LogP contribution is -2.49. The van der Waals surface area contributed by atoms with E-state index in [0.717, 1.165) is 17.1 Å². The maximum Gasteiger partial charge on any atom is 0.242 e. The van der Waals surface area contributed by atoms with E-state index in [2.05, 4.69) is 17.4 Å². The van der Waals surface area contributed by atoms with E-state index in [1.54, 1.807) is 30.7 Å². The molecule has 162 valence electrons. The molecule has 0 aliphatic heterocycles. The van der Waals surface area contributed by atoms with E-state index in [4.69, 9.17) is 4.74 Å². The molecule has 6 heteroatoms. The van der Waals surface area contributed by atoms with Gasteiger partial charge in [-0.1, -0.05) is 42.5 Å². The largest absolute Gasteiger partial charge is 0.497 e. The smallest absolute Gasteiger partial charge is 0.242 e. The summed E-state index contributed by atoms with van der Waals surface area (Å²) in [5.41, 5.74) is 2.18. The van der Waals surface area contributed by atoms with Crippen LogP contribution in [0.4, 0.5) is 0 Å². The Morgan fingerprint density at radius 2 is 1.73 bits per heavy atom. The SMILES string of the molecule is COc1cccc(CN(C(=O)CCSCc2ccccc2)[C@H](C)C(=O)NC(C)C)c1. The number of hydrogen-bond acceptors (Lipinski definition) is 4. The number of ether oxygens (including phenoxy) is 1. The molecule has 0 aliphatic rings. The average molecular weight is 429 g/mol. The lowest BCUT2D eigenvalue weighted by atomic mass is 10.1. The fourth-order valence-corrected chi connectivity index (χ4v) is 3.91. The van der Waals surface area contributed by atoms with Gasteiger partial charge >= 0.3 is 0 Å². The summed E-state index contributed by atoms with van der Waals surface area (Å²) < 4.78 is 5.29. The van der Waals surface area contributed by atoms with Crippen LogP contribution in [0.5, 0.6) is 5.75 Å². The van der Waals surface area contributed by atoms with Gasteiger partial charge in [0.2, 0.25) is 11.8 Å². The number of carbonyl (C=O) groups is 2. The van der Waals surface area contributed by atoms with Gasteiger partial charge in [0.25, 0.3) is 0 Å². The van der Waals surface area contributed by atoms with Gasteiger partial charge in [-0.3, -0.25) is 9.59 Å². The molecule has 2 aromatic rings. The second kappa shape index (κ2) is 12.3. The minimum atomic E-state index is -0.551. The molecule has 0 spiro atoms. The Hall–Kier alpha value is -2.47. The Bertz CT molecular complexity index is 811. The zero-order chi connectivity index (χ0) is 21.9. The quantitative estimate of drug-likeness (QED) is 0.543. The summed E-state index contributed by atoms with van der Waals surface area (Å²) in [6.45, 7) is 5.98. The van der Waals surface area contributed by atoms with Gasteiger partial charge in [-0.15, -0.1) is 0 Å². The first-order chi connectivity index (χ1) is 14.4. The van der Waals surface area contributed by atoms with Gasteiger partial charge < -0.3 is 15.0 Å². The highest BCUT2D eigenvalue weighted by atomic mass is 32.2. The monoisotopic (exact) mass is 428 g/mol. The molecule has 2 aromatic carbocycles. The first kappa shape index (κ1) is 23.8. The zero-order valence-electron chi connectivity index (χ0n) is 18.3. The number of methoxy groups -OCH3 is 1.